The summed E-state index contributed by atoms with van der Waals surface area (Å²) in [6.45, 7) is 5.93. The van der Waals surface area contributed by atoms with Gasteiger partial charge in [0, 0.05) is 6.04 Å². The number of hydrogen-bond donors (Lipinski definition) is 2. The standard InChI is InChI=1S/C14H20FNO2/c1-9(2)10(3)16-14(18)8-13(17)11-5-4-6-12(15)7-11/h4-7,9-10,13,17H,8H2,1-3H3,(H,16,18). The fraction of sp³-hybridized carbons (Fsp3) is 0.500. The van der Waals surface area contributed by atoms with E-state index < -0.39 is 11.9 Å². The second kappa shape index (κ2) is 6.50. The third-order valence-electron chi connectivity index (χ3n) is 3.00. The maximum absolute atomic E-state index is 13.0. The molecule has 0 bridgehead atoms. The molecule has 1 rings (SSSR count). The maximum Gasteiger partial charge on any atom is 0.223 e. The number of rotatable bonds is 5. The van der Waals surface area contributed by atoms with Crippen LogP contribution >= 0.6 is 0 Å². The first-order valence-electron chi connectivity index (χ1n) is 6.13. The summed E-state index contributed by atoms with van der Waals surface area (Å²) in [5.41, 5.74) is 0.419. The molecule has 0 aliphatic heterocycles. The molecule has 18 heavy (non-hydrogen) atoms. The van der Waals surface area contributed by atoms with Crippen molar-refractivity contribution in [2.24, 2.45) is 5.92 Å². The summed E-state index contributed by atoms with van der Waals surface area (Å²) in [6, 6.07) is 5.72. The molecule has 0 radical (unpaired) electrons. The van der Waals surface area contributed by atoms with E-state index in [1.165, 1.54) is 18.2 Å². The van der Waals surface area contributed by atoms with Gasteiger partial charge in [0.15, 0.2) is 0 Å². The summed E-state index contributed by atoms with van der Waals surface area (Å²) in [6.07, 6.45) is -1.03. The summed E-state index contributed by atoms with van der Waals surface area (Å²) in [4.78, 5) is 11.7. The second-order valence-electron chi connectivity index (χ2n) is 4.88. The van der Waals surface area contributed by atoms with E-state index in [4.69, 9.17) is 0 Å². The van der Waals surface area contributed by atoms with E-state index in [9.17, 15) is 14.3 Å². The molecule has 0 aliphatic carbocycles. The summed E-state index contributed by atoms with van der Waals surface area (Å²) in [5, 5.41) is 12.6. The number of carbonyl (C=O) groups is 1. The number of nitrogens with one attached hydrogen (secondary N) is 1. The number of benzene rings is 1. The lowest BCUT2D eigenvalue weighted by Gasteiger charge is -2.18. The van der Waals surface area contributed by atoms with E-state index in [-0.39, 0.29) is 18.4 Å². The van der Waals surface area contributed by atoms with E-state index in [0.29, 0.717) is 11.5 Å². The van der Waals surface area contributed by atoms with Crippen molar-refractivity contribution in [2.45, 2.75) is 39.3 Å². The van der Waals surface area contributed by atoms with Crippen molar-refractivity contribution in [1.82, 2.24) is 5.32 Å². The Morgan fingerprint density at radius 2 is 2.06 bits per heavy atom. The van der Waals surface area contributed by atoms with Gasteiger partial charge in [-0.25, -0.2) is 4.39 Å². The molecule has 0 spiro atoms. The average molecular weight is 253 g/mol. The number of aliphatic hydroxyl groups excluding tert-OH is 1. The lowest BCUT2D eigenvalue weighted by Crippen LogP contribution is -2.36. The Morgan fingerprint density at radius 3 is 2.61 bits per heavy atom. The Hall–Kier alpha value is -1.42. The third kappa shape index (κ3) is 4.45. The molecule has 2 atom stereocenters. The second-order valence-corrected chi connectivity index (χ2v) is 4.88. The van der Waals surface area contributed by atoms with E-state index in [2.05, 4.69) is 5.32 Å². The lowest BCUT2D eigenvalue weighted by atomic mass is 10.0. The zero-order valence-corrected chi connectivity index (χ0v) is 11.0. The van der Waals surface area contributed by atoms with Crippen molar-refractivity contribution in [3.63, 3.8) is 0 Å². The molecule has 3 nitrogen and oxygen atoms in total. The van der Waals surface area contributed by atoms with Gasteiger partial charge in [-0.1, -0.05) is 26.0 Å². The molecule has 0 heterocycles. The largest absolute Gasteiger partial charge is 0.388 e. The minimum atomic E-state index is -0.972. The highest BCUT2D eigenvalue weighted by Gasteiger charge is 2.16. The molecular weight excluding hydrogens is 233 g/mol. The summed E-state index contributed by atoms with van der Waals surface area (Å²) >= 11 is 0. The molecule has 0 saturated carbocycles. The average Bonchev–Trinajstić information content (AvgIpc) is 2.28. The van der Waals surface area contributed by atoms with Crippen molar-refractivity contribution in [2.75, 3.05) is 0 Å². The highest BCUT2D eigenvalue weighted by atomic mass is 19.1. The molecule has 0 saturated heterocycles. The highest BCUT2D eigenvalue weighted by Crippen LogP contribution is 2.17. The highest BCUT2D eigenvalue weighted by molar-refractivity contribution is 5.76. The van der Waals surface area contributed by atoms with Gasteiger partial charge in [-0.3, -0.25) is 4.79 Å². The molecular formula is C14H20FNO2. The molecule has 100 valence electrons. The Balaban J connectivity index is 2.54. The molecule has 1 amide bonds. The number of halogens is 1. The van der Waals surface area contributed by atoms with E-state index in [0.717, 1.165) is 0 Å². The van der Waals surface area contributed by atoms with E-state index in [1.54, 1.807) is 6.07 Å². The molecule has 4 heteroatoms. The van der Waals surface area contributed by atoms with Crippen LogP contribution in [0.15, 0.2) is 24.3 Å². The fourth-order valence-electron chi connectivity index (χ4n) is 1.49. The van der Waals surface area contributed by atoms with Gasteiger partial charge in [-0.05, 0) is 30.5 Å². The molecule has 2 N–H and O–H groups in total. The van der Waals surface area contributed by atoms with Crippen LogP contribution in [0.5, 0.6) is 0 Å². The maximum atomic E-state index is 13.0. The zero-order chi connectivity index (χ0) is 13.7. The predicted molar refractivity (Wildman–Crippen MR) is 68.4 cm³/mol. The Kier molecular flexibility index (Phi) is 5.28. The van der Waals surface area contributed by atoms with Crippen molar-refractivity contribution < 1.29 is 14.3 Å². The Bertz CT molecular complexity index is 407. The van der Waals surface area contributed by atoms with Gasteiger partial charge in [0.2, 0.25) is 5.91 Å². The van der Waals surface area contributed by atoms with Crippen molar-refractivity contribution >= 4 is 5.91 Å². The zero-order valence-electron chi connectivity index (χ0n) is 11.0. The number of hydrogen-bond acceptors (Lipinski definition) is 2. The van der Waals surface area contributed by atoms with Gasteiger partial charge < -0.3 is 10.4 Å². The van der Waals surface area contributed by atoms with Crippen molar-refractivity contribution in [1.29, 1.82) is 0 Å². The Labute approximate surface area is 107 Å². The molecule has 0 aliphatic rings. The quantitative estimate of drug-likeness (QED) is 0.846. The first-order valence-corrected chi connectivity index (χ1v) is 6.13. The van der Waals surface area contributed by atoms with Crippen LogP contribution in [0, 0.1) is 11.7 Å². The third-order valence-corrected chi connectivity index (χ3v) is 3.00. The fourth-order valence-corrected chi connectivity index (χ4v) is 1.49. The summed E-state index contributed by atoms with van der Waals surface area (Å²) < 4.78 is 13.0. The molecule has 0 aromatic heterocycles. The van der Waals surface area contributed by atoms with Crippen LogP contribution in [-0.4, -0.2) is 17.1 Å². The lowest BCUT2D eigenvalue weighted by molar-refractivity contribution is -0.124. The van der Waals surface area contributed by atoms with E-state index in [1.807, 2.05) is 20.8 Å². The smallest absolute Gasteiger partial charge is 0.223 e. The van der Waals surface area contributed by atoms with E-state index >= 15 is 0 Å². The van der Waals surface area contributed by atoms with Gasteiger partial charge in [-0.15, -0.1) is 0 Å². The summed E-state index contributed by atoms with van der Waals surface area (Å²) in [7, 11) is 0. The van der Waals surface area contributed by atoms with Crippen LogP contribution in [0.1, 0.15) is 38.9 Å². The van der Waals surface area contributed by atoms with Crippen LogP contribution in [0.2, 0.25) is 0 Å². The van der Waals surface area contributed by atoms with Crippen LogP contribution < -0.4 is 5.32 Å². The number of carbonyl (C=O) groups excluding carboxylic acids is 1. The first kappa shape index (κ1) is 14.6. The minimum Gasteiger partial charge on any atom is -0.388 e. The van der Waals surface area contributed by atoms with Crippen LogP contribution in [0.3, 0.4) is 0 Å². The normalized spacial score (nSPS) is 14.3. The predicted octanol–water partition coefficient (Wildman–Crippen LogP) is 2.41. The number of amides is 1. The van der Waals surface area contributed by atoms with Gasteiger partial charge in [0.05, 0.1) is 12.5 Å². The first-order chi connectivity index (χ1) is 8.40. The van der Waals surface area contributed by atoms with Crippen LogP contribution in [0.4, 0.5) is 4.39 Å². The molecule has 2 unspecified atom stereocenters. The minimum absolute atomic E-state index is 0.0530. The van der Waals surface area contributed by atoms with Crippen molar-refractivity contribution in [3.8, 4) is 0 Å². The Morgan fingerprint density at radius 1 is 1.39 bits per heavy atom. The topological polar surface area (TPSA) is 49.3 Å². The van der Waals surface area contributed by atoms with Crippen molar-refractivity contribution in [3.05, 3.63) is 35.6 Å². The van der Waals surface area contributed by atoms with Gasteiger partial charge >= 0.3 is 0 Å². The van der Waals surface area contributed by atoms with Gasteiger partial charge in [-0.2, -0.15) is 0 Å². The van der Waals surface area contributed by atoms with Gasteiger partial charge in [0.25, 0.3) is 0 Å². The van der Waals surface area contributed by atoms with Crippen LogP contribution in [-0.2, 0) is 4.79 Å². The van der Waals surface area contributed by atoms with Crippen LogP contribution in [0.25, 0.3) is 0 Å². The molecule has 1 aromatic rings. The SMILES string of the molecule is CC(C)C(C)NC(=O)CC(O)c1cccc(F)c1. The summed E-state index contributed by atoms with van der Waals surface area (Å²) in [5.74, 6) is -0.310. The van der Waals surface area contributed by atoms with Gasteiger partial charge in [0.1, 0.15) is 5.82 Å². The monoisotopic (exact) mass is 253 g/mol. The molecule has 1 aromatic carbocycles. The number of aliphatic hydroxyl groups is 1. The molecule has 0 fully saturated rings.